The van der Waals surface area contributed by atoms with Gasteiger partial charge in [0.1, 0.15) is 23.9 Å². The number of allylic oxidation sites excluding steroid dienone is 3. The Morgan fingerprint density at radius 2 is 1.83 bits per heavy atom. The molecule has 2 heterocycles. The van der Waals surface area contributed by atoms with Gasteiger partial charge in [0, 0.05) is 18.8 Å². The van der Waals surface area contributed by atoms with Crippen LogP contribution in [-0.4, -0.2) is 70.3 Å². The fourth-order valence-corrected chi connectivity index (χ4v) is 5.85. The summed E-state index contributed by atoms with van der Waals surface area (Å²) in [5.74, 6) is -1.66. The van der Waals surface area contributed by atoms with Crippen LogP contribution in [0, 0.1) is 17.8 Å². The summed E-state index contributed by atoms with van der Waals surface area (Å²) < 4.78 is 23.0. The van der Waals surface area contributed by atoms with Gasteiger partial charge < -0.3 is 29.2 Å². The van der Waals surface area contributed by atoms with Gasteiger partial charge in [0.25, 0.3) is 0 Å². The monoisotopic (exact) mass is 640 g/mol. The maximum Gasteiger partial charge on any atom is 0.338 e. The first-order valence-electron chi connectivity index (χ1n) is 16.4. The zero-order valence-electron chi connectivity index (χ0n) is 28.3. The Bertz CT molecular complexity index is 1250. The largest absolute Gasteiger partial charge is 0.458 e. The molecule has 10 unspecified atom stereocenters. The van der Waals surface area contributed by atoms with Gasteiger partial charge >= 0.3 is 17.9 Å². The third-order valence-corrected chi connectivity index (χ3v) is 8.90. The van der Waals surface area contributed by atoms with Crippen molar-refractivity contribution in [1.29, 1.82) is 0 Å². The SMILES string of the molecule is CCC(O)C(C)C1OC1CC(C)/C=C/C=C(\C)C1OC(=O)CC(OC(=O)c2ccccc2)CCC(C)(O)C(OC(C)=O)/C=C\C1C. The van der Waals surface area contributed by atoms with Crippen LogP contribution in [0.15, 0.2) is 66.3 Å². The first-order chi connectivity index (χ1) is 21.7. The minimum absolute atomic E-state index is 0.0822. The predicted molar refractivity (Wildman–Crippen MR) is 175 cm³/mol. The van der Waals surface area contributed by atoms with Crippen LogP contribution in [0.3, 0.4) is 0 Å². The van der Waals surface area contributed by atoms with E-state index in [9.17, 15) is 24.6 Å². The van der Waals surface area contributed by atoms with Crippen molar-refractivity contribution in [2.24, 2.45) is 17.8 Å². The van der Waals surface area contributed by atoms with Crippen LogP contribution in [0.5, 0.6) is 0 Å². The molecule has 0 aromatic heterocycles. The van der Waals surface area contributed by atoms with Crippen LogP contribution in [-0.2, 0) is 28.5 Å². The molecule has 0 spiro atoms. The third kappa shape index (κ3) is 11.2. The van der Waals surface area contributed by atoms with Gasteiger partial charge in [-0.2, -0.15) is 0 Å². The molecule has 1 fully saturated rings. The van der Waals surface area contributed by atoms with Crippen molar-refractivity contribution in [3.05, 3.63) is 71.8 Å². The lowest BCUT2D eigenvalue weighted by Gasteiger charge is -2.33. The maximum atomic E-state index is 13.3. The minimum atomic E-state index is -1.49. The zero-order chi connectivity index (χ0) is 34.0. The van der Waals surface area contributed by atoms with Crippen molar-refractivity contribution >= 4 is 17.9 Å². The van der Waals surface area contributed by atoms with Crippen LogP contribution in [0.25, 0.3) is 0 Å². The van der Waals surface area contributed by atoms with Crippen molar-refractivity contribution in [3.8, 4) is 0 Å². The molecule has 2 aliphatic heterocycles. The zero-order valence-corrected chi connectivity index (χ0v) is 28.3. The van der Waals surface area contributed by atoms with E-state index >= 15 is 0 Å². The number of benzene rings is 1. The van der Waals surface area contributed by atoms with E-state index in [-0.39, 0.29) is 55.3 Å². The highest BCUT2D eigenvalue weighted by molar-refractivity contribution is 5.89. The fourth-order valence-electron chi connectivity index (χ4n) is 5.85. The molecule has 0 amide bonds. The van der Waals surface area contributed by atoms with Crippen molar-refractivity contribution in [2.45, 2.75) is 123 Å². The number of hydrogen-bond donors (Lipinski definition) is 2. The number of cyclic esters (lactones) is 1. The molecular weight excluding hydrogens is 588 g/mol. The summed E-state index contributed by atoms with van der Waals surface area (Å²) in [5, 5.41) is 21.5. The highest BCUT2D eigenvalue weighted by Crippen LogP contribution is 2.36. The normalized spacial score (nSPS) is 31.8. The van der Waals surface area contributed by atoms with E-state index in [1.54, 1.807) is 49.4 Å². The Kier molecular flexibility index (Phi) is 13.8. The van der Waals surface area contributed by atoms with Crippen LogP contribution in [0.4, 0.5) is 0 Å². The summed E-state index contributed by atoms with van der Waals surface area (Å²) in [5.41, 5.74) is -0.351. The second-order valence-electron chi connectivity index (χ2n) is 13.2. The van der Waals surface area contributed by atoms with E-state index in [0.717, 1.165) is 12.0 Å². The fraction of sp³-hybridized carbons (Fsp3) is 0.595. The number of esters is 3. The van der Waals surface area contributed by atoms with Crippen LogP contribution in [0.2, 0.25) is 0 Å². The molecule has 2 N–H and O–H groups in total. The van der Waals surface area contributed by atoms with E-state index in [2.05, 4.69) is 13.0 Å². The quantitative estimate of drug-likeness (QED) is 0.1000. The topological polar surface area (TPSA) is 132 Å². The van der Waals surface area contributed by atoms with Crippen molar-refractivity contribution in [1.82, 2.24) is 0 Å². The number of carbonyl (C=O) groups excluding carboxylic acids is 3. The van der Waals surface area contributed by atoms with Crippen LogP contribution >= 0.6 is 0 Å². The third-order valence-electron chi connectivity index (χ3n) is 8.90. The molecule has 10 atom stereocenters. The number of aliphatic hydroxyl groups is 2. The Balaban J connectivity index is 1.78. The Hall–Kier alpha value is -3.27. The lowest BCUT2D eigenvalue weighted by Crippen LogP contribution is -2.42. The van der Waals surface area contributed by atoms with Crippen molar-refractivity contribution in [2.75, 3.05) is 0 Å². The number of carbonyl (C=O) groups is 3. The molecule has 0 saturated carbocycles. The molecule has 46 heavy (non-hydrogen) atoms. The summed E-state index contributed by atoms with van der Waals surface area (Å²) in [6.45, 7) is 12.7. The summed E-state index contributed by atoms with van der Waals surface area (Å²) in [6, 6.07) is 8.48. The van der Waals surface area contributed by atoms with Gasteiger partial charge in [-0.15, -0.1) is 0 Å². The second-order valence-corrected chi connectivity index (χ2v) is 13.2. The minimum Gasteiger partial charge on any atom is -0.458 e. The van der Waals surface area contributed by atoms with Crippen LogP contribution in [0.1, 0.15) is 90.9 Å². The first-order valence-corrected chi connectivity index (χ1v) is 16.4. The molecule has 9 nitrogen and oxygen atoms in total. The smallest absolute Gasteiger partial charge is 0.338 e. The molecule has 9 heteroatoms. The van der Waals surface area contributed by atoms with Crippen molar-refractivity contribution in [3.63, 3.8) is 0 Å². The van der Waals surface area contributed by atoms with Gasteiger partial charge in [0.05, 0.1) is 30.3 Å². The van der Waals surface area contributed by atoms with Crippen LogP contribution < -0.4 is 0 Å². The number of epoxide rings is 1. The Morgan fingerprint density at radius 3 is 2.48 bits per heavy atom. The van der Waals surface area contributed by atoms with E-state index in [1.165, 1.54) is 6.92 Å². The maximum absolute atomic E-state index is 13.3. The molecule has 2 aliphatic rings. The molecule has 0 bridgehead atoms. The molecule has 1 aromatic carbocycles. The predicted octanol–water partition coefficient (Wildman–Crippen LogP) is 5.89. The van der Waals surface area contributed by atoms with Gasteiger partial charge in [-0.05, 0) is 69.2 Å². The standard InChI is InChI=1S/C37H52O9/c1-8-30(39)26(5)35-31(45-35)21-23(2)13-12-14-24(3)34-25(4)17-18-32(43-27(6)38)37(7,42)20-19-29(22-33(40)46-34)44-36(41)28-15-10-9-11-16-28/h9-18,23,25-26,29-32,34-35,39,42H,8,19-22H2,1-7H3/b13-12+,18-17-,24-14+. The highest BCUT2D eigenvalue weighted by Gasteiger charge is 2.45. The number of aliphatic hydroxyl groups excluding tert-OH is 1. The van der Waals surface area contributed by atoms with Gasteiger partial charge in [0.15, 0.2) is 0 Å². The second kappa shape index (κ2) is 17.0. The molecule has 0 radical (unpaired) electrons. The Morgan fingerprint density at radius 1 is 1.13 bits per heavy atom. The van der Waals surface area contributed by atoms with Gasteiger partial charge in [0.2, 0.25) is 0 Å². The summed E-state index contributed by atoms with van der Waals surface area (Å²) in [6.07, 6.45) is 8.28. The molecule has 254 valence electrons. The van der Waals surface area contributed by atoms with E-state index in [1.807, 2.05) is 39.8 Å². The summed E-state index contributed by atoms with van der Waals surface area (Å²) in [7, 11) is 0. The number of ether oxygens (including phenoxy) is 4. The molecular formula is C37H52O9. The van der Waals surface area contributed by atoms with Gasteiger partial charge in [-0.1, -0.05) is 70.2 Å². The molecule has 0 aliphatic carbocycles. The van der Waals surface area contributed by atoms with Gasteiger partial charge in [-0.3, -0.25) is 9.59 Å². The van der Waals surface area contributed by atoms with E-state index < -0.39 is 41.8 Å². The summed E-state index contributed by atoms with van der Waals surface area (Å²) >= 11 is 0. The van der Waals surface area contributed by atoms with Crippen molar-refractivity contribution < 1.29 is 43.5 Å². The molecule has 1 aromatic rings. The lowest BCUT2D eigenvalue weighted by atomic mass is 9.88. The molecule has 3 rings (SSSR count). The van der Waals surface area contributed by atoms with E-state index in [0.29, 0.717) is 12.0 Å². The Labute approximate surface area is 273 Å². The summed E-state index contributed by atoms with van der Waals surface area (Å²) in [4.78, 5) is 38.1. The molecule has 1 saturated heterocycles. The van der Waals surface area contributed by atoms with Gasteiger partial charge in [-0.25, -0.2) is 4.79 Å². The number of rotatable bonds is 11. The first kappa shape index (κ1) is 37.2. The number of hydrogen-bond acceptors (Lipinski definition) is 9. The average molecular weight is 641 g/mol. The average Bonchev–Trinajstić information content (AvgIpc) is 3.78. The lowest BCUT2D eigenvalue weighted by molar-refractivity contribution is -0.157. The van der Waals surface area contributed by atoms with E-state index in [4.69, 9.17) is 18.9 Å². The highest BCUT2D eigenvalue weighted by atomic mass is 16.6.